The number of halogens is 1. The van der Waals surface area contributed by atoms with Crippen molar-refractivity contribution >= 4 is 56.8 Å². The fourth-order valence-corrected chi connectivity index (χ4v) is 3.34. The van der Waals surface area contributed by atoms with E-state index in [2.05, 4.69) is 27.8 Å². The van der Waals surface area contributed by atoms with Gasteiger partial charge in [-0.1, -0.05) is 6.08 Å². The van der Waals surface area contributed by atoms with E-state index in [4.69, 9.17) is 16.6 Å². The zero-order valence-corrected chi connectivity index (χ0v) is 16.6. The maximum absolute atomic E-state index is 12.5. The maximum atomic E-state index is 12.5. The Hall–Kier alpha value is -3.11. The van der Waals surface area contributed by atoms with E-state index in [-0.39, 0.29) is 28.7 Å². The first kappa shape index (κ1) is 19.6. The Morgan fingerprint density at radius 3 is 2.71 bits per heavy atom. The highest BCUT2D eigenvalue weighted by atomic mass is 79.9. The number of thiocarbonyl (C=S) groups is 1. The summed E-state index contributed by atoms with van der Waals surface area (Å²) in [5, 5.41) is 13.3. The third kappa shape index (κ3) is 3.78. The lowest BCUT2D eigenvalue weighted by Crippen LogP contribution is -2.53. The van der Waals surface area contributed by atoms with Crippen molar-refractivity contribution in [3.05, 3.63) is 68.9 Å². The molecular formula is C18H12BrN3O5S. The SMILES string of the molecule is C=CCN1C(=O)/C(=C\c2ccc(-c3ccc([N+](=O)[O-])cc3Br)o2)C(=O)NC1=S. The van der Waals surface area contributed by atoms with Crippen LogP contribution in [0.5, 0.6) is 0 Å². The van der Waals surface area contributed by atoms with Gasteiger partial charge in [0.15, 0.2) is 5.11 Å². The van der Waals surface area contributed by atoms with Crippen LogP contribution in [-0.2, 0) is 9.59 Å². The number of carbonyl (C=O) groups is 2. The second kappa shape index (κ2) is 7.87. The topological polar surface area (TPSA) is 106 Å². The van der Waals surface area contributed by atoms with Crippen LogP contribution >= 0.6 is 28.1 Å². The Morgan fingerprint density at radius 2 is 2.07 bits per heavy atom. The van der Waals surface area contributed by atoms with Gasteiger partial charge in [-0.2, -0.15) is 0 Å². The highest BCUT2D eigenvalue weighted by Crippen LogP contribution is 2.33. The summed E-state index contributed by atoms with van der Waals surface area (Å²) in [4.78, 5) is 36.2. The molecule has 1 aliphatic heterocycles. The number of nitro groups is 1. The van der Waals surface area contributed by atoms with Gasteiger partial charge in [-0.15, -0.1) is 6.58 Å². The van der Waals surface area contributed by atoms with Gasteiger partial charge in [-0.3, -0.25) is 29.9 Å². The van der Waals surface area contributed by atoms with E-state index in [0.717, 1.165) is 0 Å². The molecule has 2 heterocycles. The van der Waals surface area contributed by atoms with Crippen molar-refractivity contribution in [2.24, 2.45) is 0 Å². The lowest BCUT2D eigenvalue weighted by atomic mass is 10.1. The van der Waals surface area contributed by atoms with E-state index in [1.54, 1.807) is 18.2 Å². The van der Waals surface area contributed by atoms with E-state index < -0.39 is 16.7 Å². The van der Waals surface area contributed by atoms with E-state index in [1.165, 1.54) is 29.2 Å². The first-order valence-electron chi connectivity index (χ1n) is 7.85. The van der Waals surface area contributed by atoms with Crippen LogP contribution in [0.25, 0.3) is 17.4 Å². The molecule has 1 aliphatic rings. The number of rotatable bonds is 5. The summed E-state index contributed by atoms with van der Waals surface area (Å²) in [5.41, 5.74) is 0.399. The largest absolute Gasteiger partial charge is 0.457 e. The summed E-state index contributed by atoms with van der Waals surface area (Å²) < 4.78 is 6.17. The Labute approximate surface area is 172 Å². The minimum absolute atomic E-state index is 0.0157. The van der Waals surface area contributed by atoms with Crippen LogP contribution in [0.1, 0.15) is 5.76 Å². The molecule has 0 bridgehead atoms. The van der Waals surface area contributed by atoms with Gasteiger partial charge in [-0.25, -0.2) is 0 Å². The number of nitro benzene ring substituents is 1. The monoisotopic (exact) mass is 461 g/mol. The number of carbonyl (C=O) groups excluding carboxylic acids is 2. The van der Waals surface area contributed by atoms with Crippen molar-refractivity contribution in [3.8, 4) is 11.3 Å². The van der Waals surface area contributed by atoms with Crippen molar-refractivity contribution < 1.29 is 18.9 Å². The van der Waals surface area contributed by atoms with Crippen LogP contribution in [0.2, 0.25) is 0 Å². The number of non-ortho nitro benzene ring substituents is 1. The molecule has 28 heavy (non-hydrogen) atoms. The van der Waals surface area contributed by atoms with Gasteiger partial charge in [0.05, 0.1) is 4.92 Å². The molecule has 2 amide bonds. The van der Waals surface area contributed by atoms with Gasteiger partial charge in [0.1, 0.15) is 17.1 Å². The zero-order valence-electron chi connectivity index (χ0n) is 14.2. The molecule has 1 N–H and O–H groups in total. The van der Waals surface area contributed by atoms with E-state index in [0.29, 0.717) is 15.8 Å². The molecule has 0 spiro atoms. The minimum atomic E-state index is -0.621. The Bertz CT molecular complexity index is 1060. The number of hydrogen-bond donors (Lipinski definition) is 1. The molecule has 0 aliphatic carbocycles. The number of hydrogen-bond acceptors (Lipinski definition) is 6. The van der Waals surface area contributed by atoms with E-state index in [1.807, 2.05) is 0 Å². The van der Waals surface area contributed by atoms with Gasteiger partial charge in [0, 0.05) is 28.7 Å². The van der Waals surface area contributed by atoms with Gasteiger partial charge < -0.3 is 4.42 Å². The Balaban J connectivity index is 1.92. The van der Waals surface area contributed by atoms with Gasteiger partial charge in [0.2, 0.25) is 0 Å². The fourth-order valence-electron chi connectivity index (χ4n) is 2.52. The predicted octanol–water partition coefficient (Wildman–Crippen LogP) is 3.43. The lowest BCUT2D eigenvalue weighted by molar-refractivity contribution is -0.384. The van der Waals surface area contributed by atoms with Gasteiger partial charge >= 0.3 is 0 Å². The summed E-state index contributed by atoms with van der Waals surface area (Å²) in [5.74, 6) is -0.492. The summed E-state index contributed by atoms with van der Waals surface area (Å²) >= 11 is 8.28. The first-order valence-corrected chi connectivity index (χ1v) is 9.06. The summed E-state index contributed by atoms with van der Waals surface area (Å²) in [6.07, 6.45) is 2.81. The van der Waals surface area contributed by atoms with Crippen LogP contribution in [0, 0.1) is 10.1 Å². The number of benzene rings is 1. The van der Waals surface area contributed by atoms with Crippen LogP contribution in [0.15, 0.2) is 57.4 Å². The zero-order chi connectivity index (χ0) is 20.4. The molecule has 0 radical (unpaired) electrons. The van der Waals surface area contributed by atoms with Crippen LogP contribution in [0.4, 0.5) is 5.69 Å². The quantitative estimate of drug-likeness (QED) is 0.182. The average molecular weight is 462 g/mol. The summed E-state index contributed by atoms with van der Waals surface area (Å²) in [6, 6.07) is 7.48. The predicted molar refractivity (Wildman–Crippen MR) is 109 cm³/mol. The average Bonchev–Trinajstić information content (AvgIpc) is 3.10. The number of nitrogens with one attached hydrogen (secondary N) is 1. The van der Waals surface area contributed by atoms with Crippen molar-refractivity contribution in [2.75, 3.05) is 6.54 Å². The third-order valence-corrected chi connectivity index (χ3v) is 4.82. The van der Waals surface area contributed by atoms with Crippen molar-refractivity contribution in [3.63, 3.8) is 0 Å². The summed E-state index contributed by atoms with van der Waals surface area (Å²) in [6.45, 7) is 3.72. The first-order chi connectivity index (χ1) is 13.3. The van der Waals surface area contributed by atoms with Crippen molar-refractivity contribution in [1.82, 2.24) is 10.2 Å². The maximum Gasteiger partial charge on any atom is 0.270 e. The number of nitrogens with zero attached hydrogens (tertiary/aromatic N) is 2. The second-order valence-corrected chi connectivity index (χ2v) is 6.89. The fraction of sp³-hybridized carbons (Fsp3) is 0.0556. The molecule has 0 unspecified atom stereocenters. The molecule has 10 heteroatoms. The van der Waals surface area contributed by atoms with E-state index >= 15 is 0 Å². The van der Waals surface area contributed by atoms with Crippen LogP contribution in [-0.4, -0.2) is 33.3 Å². The van der Waals surface area contributed by atoms with Gasteiger partial charge in [-0.05, 0) is 52.4 Å². The molecule has 2 aromatic rings. The molecule has 1 aromatic heterocycles. The lowest BCUT2D eigenvalue weighted by Gasteiger charge is -2.27. The number of amides is 2. The number of furan rings is 1. The third-order valence-electron chi connectivity index (χ3n) is 3.84. The van der Waals surface area contributed by atoms with Crippen molar-refractivity contribution in [1.29, 1.82) is 0 Å². The Morgan fingerprint density at radius 1 is 1.32 bits per heavy atom. The molecule has 0 saturated carbocycles. The molecular weight excluding hydrogens is 450 g/mol. The molecule has 3 rings (SSSR count). The van der Waals surface area contributed by atoms with E-state index in [9.17, 15) is 19.7 Å². The van der Waals surface area contributed by atoms with Gasteiger partial charge in [0.25, 0.3) is 17.5 Å². The Kier molecular flexibility index (Phi) is 5.52. The minimum Gasteiger partial charge on any atom is -0.457 e. The standard InChI is InChI=1S/C18H12BrN3O5S/c1-2-7-21-17(24)13(16(23)20-18(21)28)9-11-4-6-15(27-11)12-5-3-10(22(25)26)8-14(12)19/h2-6,8-9H,1,7H2,(H,20,23,28)/b13-9-. The molecule has 8 nitrogen and oxygen atoms in total. The smallest absolute Gasteiger partial charge is 0.270 e. The second-order valence-electron chi connectivity index (χ2n) is 5.64. The molecule has 1 saturated heterocycles. The highest BCUT2D eigenvalue weighted by Gasteiger charge is 2.32. The normalized spacial score (nSPS) is 15.7. The molecule has 142 valence electrons. The highest BCUT2D eigenvalue weighted by molar-refractivity contribution is 9.10. The summed E-state index contributed by atoms with van der Waals surface area (Å²) in [7, 11) is 0. The van der Waals surface area contributed by atoms with Crippen LogP contribution < -0.4 is 5.32 Å². The van der Waals surface area contributed by atoms with Crippen LogP contribution in [0.3, 0.4) is 0 Å². The molecule has 1 fully saturated rings. The molecule has 0 atom stereocenters. The van der Waals surface area contributed by atoms with Crippen molar-refractivity contribution in [2.45, 2.75) is 0 Å². The molecule has 1 aromatic carbocycles.